The molecule has 1 aromatic heterocycles. The third kappa shape index (κ3) is 6.23. The lowest BCUT2D eigenvalue weighted by atomic mass is 10.2. The van der Waals surface area contributed by atoms with Gasteiger partial charge in [0.2, 0.25) is 17.0 Å². The summed E-state index contributed by atoms with van der Waals surface area (Å²) >= 11 is 6.30. The van der Waals surface area contributed by atoms with Crippen molar-refractivity contribution in [3.8, 4) is 17.4 Å². The molecule has 1 saturated heterocycles. The highest BCUT2D eigenvalue weighted by Crippen LogP contribution is 2.36. The minimum Gasteiger partial charge on any atom is -0.490 e. The van der Waals surface area contributed by atoms with Gasteiger partial charge in [-0.3, -0.25) is 19.3 Å². The number of nitrogens with zero attached hydrogens (tertiary/aromatic N) is 3. The fourth-order valence-corrected chi connectivity index (χ4v) is 4.15. The number of benzene rings is 2. The van der Waals surface area contributed by atoms with E-state index in [0.29, 0.717) is 28.3 Å². The number of imide groups is 1. The molecule has 0 unspecified atom stereocenters. The molecule has 0 spiro atoms. The van der Waals surface area contributed by atoms with E-state index in [9.17, 15) is 27.6 Å². The molecule has 4 rings (SSSR count). The molecular formula is C24H16ClF3N4O5S. The number of hydrogen-bond donors (Lipinski definition) is 1. The molecule has 1 aliphatic heterocycles. The van der Waals surface area contributed by atoms with E-state index in [1.165, 1.54) is 24.3 Å². The number of ether oxygens (including phenoxy) is 2. The Labute approximate surface area is 222 Å². The molecule has 9 nitrogen and oxygen atoms in total. The first-order valence-corrected chi connectivity index (χ1v) is 12.0. The standard InChI is InChI=1S/C24H16ClF3N4O5S/c1-2-36-18-7-12(3-6-17(18)37-21-15(28)10-29-23(25)31-21)8-19-22(34)32(24(35)38-19)11-20(33)30-16-5-4-13(26)9-14(16)27/h3-10H,2,11H2,1H3,(H,30,33)/b19-8+. The maximum absolute atomic E-state index is 14.0. The van der Waals surface area contributed by atoms with E-state index in [2.05, 4.69) is 15.3 Å². The second-order valence-corrected chi connectivity index (χ2v) is 8.80. The molecule has 0 atom stereocenters. The van der Waals surface area contributed by atoms with Crippen molar-refractivity contribution >= 4 is 52.2 Å². The quantitative estimate of drug-likeness (QED) is 0.285. The Hall–Kier alpha value is -4.10. The average Bonchev–Trinajstić information content (AvgIpc) is 3.12. The molecule has 0 radical (unpaired) electrons. The number of hydrogen-bond acceptors (Lipinski definition) is 8. The first-order valence-electron chi connectivity index (χ1n) is 10.8. The SMILES string of the molecule is CCOc1cc(/C=C2/SC(=O)N(CC(=O)Nc3ccc(F)cc3F)C2=O)ccc1Oc1nc(Cl)ncc1F. The summed E-state index contributed by atoms with van der Waals surface area (Å²) in [7, 11) is 0. The van der Waals surface area contributed by atoms with Gasteiger partial charge in [-0.05, 0) is 66.2 Å². The van der Waals surface area contributed by atoms with Crippen LogP contribution < -0.4 is 14.8 Å². The second-order valence-electron chi connectivity index (χ2n) is 7.47. The van der Waals surface area contributed by atoms with E-state index in [0.717, 1.165) is 18.3 Å². The number of rotatable bonds is 8. The molecule has 0 bridgehead atoms. The molecule has 0 aliphatic carbocycles. The molecule has 38 heavy (non-hydrogen) atoms. The molecule has 3 amide bonds. The summed E-state index contributed by atoms with van der Waals surface area (Å²) in [6.45, 7) is 1.27. The van der Waals surface area contributed by atoms with Crippen molar-refractivity contribution in [2.45, 2.75) is 6.92 Å². The van der Waals surface area contributed by atoms with Gasteiger partial charge in [-0.2, -0.15) is 9.37 Å². The van der Waals surface area contributed by atoms with E-state index in [-0.39, 0.29) is 34.0 Å². The van der Waals surface area contributed by atoms with E-state index in [4.69, 9.17) is 21.1 Å². The first-order chi connectivity index (χ1) is 18.1. The molecule has 196 valence electrons. The van der Waals surface area contributed by atoms with Gasteiger partial charge >= 0.3 is 0 Å². The summed E-state index contributed by atoms with van der Waals surface area (Å²) in [6.07, 6.45) is 2.25. The second kappa shape index (κ2) is 11.5. The number of carbonyl (C=O) groups is 3. The smallest absolute Gasteiger partial charge is 0.294 e. The zero-order valence-electron chi connectivity index (χ0n) is 19.3. The minimum absolute atomic E-state index is 0.0144. The number of anilines is 1. The van der Waals surface area contributed by atoms with Crippen LogP contribution in [0.2, 0.25) is 5.28 Å². The summed E-state index contributed by atoms with van der Waals surface area (Å²) in [6, 6.07) is 7.03. The van der Waals surface area contributed by atoms with Gasteiger partial charge < -0.3 is 14.8 Å². The van der Waals surface area contributed by atoms with Gasteiger partial charge in [-0.1, -0.05) is 6.07 Å². The molecule has 1 aliphatic rings. The highest BCUT2D eigenvalue weighted by atomic mass is 35.5. The Kier molecular flexibility index (Phi) is 8.17. The monoisotopic (exact) mass is 564 g/mol. The highest BCUT2D eigenvalue weighted by Gasteiger charge is 2.36. The summed E-state index contributed by atoms with van der Waals surface area (Å²) < 4.78 is 51.9. The predicted molar refractivity (Wildman–Crippen MR) is 132 cm³/mol. The lowest BCUT2D eigenvalue weighted by molar-refractivity contribution is -0.127. The van der Waals surface area contributed by atoms with Crippen molar-refractivity contribution < 1.29 is 37.0 Å². The minimum atomic E-state index is -1.00. The predicted octanol–water partition coefficient (Wildman–Crippen LogP) is 5.41. The number of aromatic nitrogens is 2. The summed E-state index contributed by atoms with van der Waals surface area (Å²) in [5.74, 6) is -4.39. The van der Waals surface area contributed by atoms with Gasteiger partial charge in [0.1, 0.15) is 18.2 Å². The fourth-order valence-electron chi connectivity index (χ4n) is 3.19. The van der Waals surface area contributed by atoms with Crippen LogP contribution in [-0.4, -0.2) is 45.1 Å². The van der Waals surface area contributed by atoms with E-state index in [1.807, 2.05) is 0 Å². The molecule has 2 aromatic carbocycles. The van der Waals surface area contributed by atoms with Crippen molar-refractivity contribution in [1.82, 2.24) is 14.9 Å². The molecule has 0 saturated carbocycles. The van der Waals surface area contributed by atoms with Crippen LogP contribution in [-0.2, 0) is 9.59 Å². The molecule has 1 fully saturated rings. The van der Waals surface area contributed by atoms with Gasteiger partial charge in [-0.25, -0.2) is 13.8 Å². The molecular weight excluding hydrogens is 549 g/mol. The maximum Gasteiger partial charge on any atom is 0.294 e. The Morgan fingerprint density at radius 2 is 1.92 bits per heavy atom. The Balaban J connectivity index is 1.50. The van der Waals surface area contributed by atoms with Crippen LogP contribution in [0.25, 0.3) is 6.08 Å². The summed E-state index contributed by atoms with van der Waals surface area (Å²) in [5.41, 5.74) is 0.138. The molecule has 3 aromatic rings. The first kappa shape index (κ1) is 26.9. The van der Waals surface area contributed by atoms with Crippen LogP contribution in [0.3, 0.4) is 0 Å². The zero-order valence-corrected chi connectivity index (χ0v) is 20.9. The van der Waals surface area contributed by atoms with Crippen LogP contribution in [0.4, 0.5) is 23.7 Å². The van der Waals surface area contributed by atoms with Crippen molar-refractivity contribution in [1.29, 1.82) is 0 Å². The number of halogens is 4. The average molecular weight is 565 g/mol. The highest BCUT2D eigenvalue weighted by molar-refractivity contribution is 8.18. The van der Waals surface area contributed by atoms with Gasteiger partial charge in [0.15, 0.2) is 11.5 Å². The number of amides is 3. The van der Waals surface area contributed by atoms with Crippen LogP contribution in [0.1, 0.15) is 12.5 Å². The van der Waals surface area contributed by atoms with Crippen LogP contribution in [0.15, 0.2) is 47.5 Å². The van der Waals surface area contributed by atoms with Crippen molar-refractivity contribution in [2.24, 2.45) is 0 Å². The van der Waals surface area contributed by atoms with Gasteiger partial charge in [0.25, 0.3) is 17.0 Å². The summed E-state index contributed by atoms with van der Waals surface area (Å²) in [5, 5.41) is 1.26. The lowest BCUT2D eigenvalue weighted by Crippen LogP contribution is -2.36. The number of nitrogens with one attached hydrogen (secondary N) is 1. The normalized spacial score (nSPS) is 14.2. The van der Waals surface area contributed by atoms with Crippen LogP contribution >= 0.6 is 23.4 Å². The molecule has 1 N–H and O–H groups in total. The van der Waals surface area contributed by atoms with Crippen LogP contribution in [0, 0.1) is 17.5 Å². The number of carbonyl (C=O) groups excluding carboxylic acids is 3. The fraction of sp³-hybridized carbons (Fsp3) is 0.125. The van der Waals surface area contributed by atoms with Crippen molar-refractivity contribution in [2.75, 3.05) is 18.5 Å². The van der Waals surface area contributed by atoms with E-state index < -0.39 is 46.9 Å². The van der Waals surface area contributed by atoms with E-state index >= 15 is 0 Å². The third-order valence-corrected chi connectivity index (χ3v) is 5.92. The van der Waals surface area contributed by atoms with Crippen molar-refractivity contribution in [3.63, 3.8) is 0 Å². The Morgan fingerprint density at radius 1 is 1.13 bits per heavy atom. The van der Waals surface area contributed by atoms with Crippen molar-refractivity contribution in [3.05, 3.63) is 75.8 Å². The Morgan fingerprint density at radius 3 is 2.66 bits per heavy atom. The Bertz CT molecular complexity index is 1470. The molecule has 2 heterocycles. The van der Waals surface area contributed by atoms with Gasteiger partial charge in [-0.15, -0.1) is 0 Å². The van der Waals surface area contributed by atoms with Gasteiger partial charge in [0, 0.05) is 6.07 Å². The molecule has 14 heteroatoms. The van der Waals surface area contributed by atoms with Crippen LogP contribution in [0.5, 0.6) is 17.4 Å². The summed E-state index contributed by atoms with van der Waals surface area (Å²) in [4.78, 5) is 45.4. The largest absolute Gasteiger partial charge is 0.490 e. The number of thioether (sulfide) groups is 1. The van der Waals surface area contributed by atoms with E-state index in [1.54, 1.807) is 6.92 Å². The lowest BCUT2D eigenvalue weighted by Gasteiger charge is -2.13. The third-order valence-electron chi connectivity index (χ3n) is 4.84. The zero-order chi connectivity index (χ0) is 27.4. The van der Waals surface area contributed by atoms with Gasteiger partial charge in [0.05, 0.1) is 23.4 Å². The maximum atomic E-state index is 14.0. The topological polar surface area (TPSA) is 111 Å².